The maximum atomic E-state index is 13.3. The summed E-state index contributed by atoms with van der Waals surface area (Å²) in [5, 5.41) is 10.0. The van der Waals surface area contributed by atoms with Crippen LogP contribution in [0.5, 0.6) is 0 Å². The number of aliphatic hydroxyl groups is 1. The molecule has 0 aliphatic rings. The first-order valence-electron chi connectivity index (χ1n) is 5.98. The Labute approximate surface area is 119 Å². The van der Waals surface area contributed by atoms with Gasteiger partial charge in [-0.25, -0.2) is 13.2 Å². The molecule has 5 heteroatoms. The van der Waals surface area contributed by atoms with Crippen molar-refractivity contribution >= 4 is 11.6 Å². The Kier molecular flexibility index (Phi) is 4.68. The maximum Gasteiger partial charge on any atom is 0.263 e. The van der Waals surface area contributed by atoms with Crippen molar-refractivity contribution in [1.29, 1.82) is 0 Å². The smallest absolute Gasteiger partial charge is 0.263 e. The van der Waals surface area contributed by atoms with Crippen LogP contribution in [0.3, 0.4) is 0 Å². The molecule has 2 rings (SSSR count). The molecule has 0 spiro atoms. The van der Waals surface area contributed by atoms with E-state index in [9.17, 15) is 18.3 Å². The molecule has 20 heavy (non-hydrogen) atoms. The fourth-order valence-corrected chi connectivity index (χ4v) is 2.10. The molecule has 1 N–H and O–H groups in total. The molecule has 0 heterocycles. The van der Waals surface area contributed by atoms with Crippen LogP contribution < -0.4 is 0 Å². The maximum absolute atomic E-state index is 13.3. The van der Waals surface area contributed by atoms with Crippen LogP contribution in [0.25, 0.3) is 0 Å². The summed E-state index contributed by atoms with van der Waals surface area (Å²) in [5.41, 5.74) is 0.844. The lowest BCUT2D eigenvalue weighted by Crippen LogP contribution is -2.03. The van der Waals surface area contributed by atoms with Gasteiger partial charge in [0.15, 0.2) is 0 Å². The highest BCUT2D eigenvalue weighted by Gasteiger charge is 2.14. The third kappa shape index (κ3) is 3.32. The van der Waals surface area contributed by atoms with Crippen LogP contribution in [0.4, 0.5) is 13.2 Å². The molecule has 106 valence electrons. The predicted molar refractivity (Wildman–Crippen MR) is 71.5 cm³/mol. The first kappa shape index (κ1) is 14.9. The van der Waals surface area contributed by atoms with E-state index in [1.54, 1.807) is 6.07 Å². The summed E-state index contributed by atoms with van der Waals surface area (Å²) in [7, 11) is 0. The molecule has 2 aromatic carbocycles. The topological polar surface area (TPSA) is 20.2 Å². The molecule has 0 aromatic heterocycles. The minimum atomic E-state index is -2.54. The van der Waals surface area contributed by atoms with E-state index in [0.717, 1.165) is 0 Å². The average molecular weight is 301 g/mol. The van der Waals surface area contributed by atoms with Crippen molar-refractivity contribution < 1.29 is 18.3 Å². The molecule has 0 radical (unpaired) electrons. The first-order valence-corrected chi connectivity index (χ1v) is 6.36. The number of halogens is 4. The van der Waals surface area contributed by atoms with Crippen LogP contribution in [0.1, 0.15) is 29.2 Å². The van der Waals surface area contributed by atoms with Gasteiger partial charge in [-0.15, -0.1) is 0 Å². The molecule has 0 saturated heterocycles. The van der Waals surface area contributed by atoms with Gasteiger partial charge in [0.25, 0.3) is 6.43 Å². The van der Waals surface area contributed by atoms with Crippen LogP contribution in [0.15, 0.2) is 42.5 Å². The second-order valence-corrected chi connectivity index (χ2v) is 4.78. The van der Waals surface area contributed by atoms with E-state index in [0.29, 0.717) is 11.1 Å². The van der Waals surface area contributed by atoms with Gasteiger partial charge in [-0.2, -0.15) is 0 Å². The Hall–Kier alpha value is -1.52. The quantitative estimate of drug-likeness (QED) is 0.868. The van der Waals surface area contributed by atoms with Crippen LogP contribution in [0, 0.1) is 5.82 Å². The van der Waals surface area contributed by atoms with E-state index >= 15 is 0 Å². The Morgan fingerprint density at radius 1 is 1.00 bits per heavy atom. The van der Waals surface area contributed by atoms with Crippen molar-refractivity contribution in [3.63, 3.8) is 0 Å². The van der Waals surface area contributed by atoms with Crippen molar-refractivity contribution in [2.24, 2.45) is 0 Å². The van der Waals surface area contributed by atoms with Crippen molar-refractivity contribution in [3.8, 4) is 0 Å². The zero-order valence-corrected chi connectivity index (χ0v) is 11.1. The second kappa shape index (κ2) is 6.29. The monoisotopic (exact) mass is 300 g/mol. The van der Waals surface area contributed by atoms with Gasteiger partial charge in [0.05, 0.1) is 11.1 Å². The van der Waals surface area contributed by atoms with Crippen molar-refractivity contribution in [2.75, 3.05) is 0 Å². The highest BCUT2D eigenvalue weighted by atomic mass is 35.5. The summed E-state index contributed by atoms with van der Waals surface area (Å²) in [4.78, 5) is 0. The van der Waals surface area contributed by atoms with Gasteiger partial charge in [-0.05, 0) is 17.2 Å². The molecule has 2 aromatic rings. The zero-order valence-electron chi connectivity index (χ0n) is 10.4. The molecule has 1 nitrogen and oxygen atoms in total. The molecule has 0 bridgehead atoms. The first-order chi connectivity index (χ1) is 9.49. The molecular weight excluding hydrogens is 289 g/mol. The van der Waals surface area contributed by atoms with Gasteiger partial charge < -0.3 is 5.11 Å². The largest absolute Gasteiger partial charge is 0.388 e. The summed E-state index contributed by atoms with van der Waals surface area (Å²) in [6, 6.07) is 9.73. The van der Waals surface area contributed by atoms with Crippen molar-refractivity contribution in [3.05, 3.63) is 70.0 Å². The number of rotatable bonds is 4. The highest BCUT2D eigenvalue weighted by Crippen LogP contribution is 2.27. The minimum Gasteiger partial charge on any atom is -0.388 e. The molecule has 0 saturated carbocycles. The minimum absolute atomic E-state index is 0.0317. The molecule has 1 unspecified atom stereocenters. The van der Waals surface area contributed by atoms with Gasteiger partial charge in [0.1, 0.15) is 5.82 Å². The van der Waals surface area contributed by atoms with E-state index in [1.165, 1.54) is 36.4 Å². The normalized spacial score (nSPS) is 12.7. The predicted octanol–water partition coefficient (Wildman–Crippen LogP) is 4.69. The number of aliphatic hydroxyl groups excluding tert-OH is 1. The lowest BCUT2D eigenvalue weighted by atomic mass is 10.0. The molecular formula is C15H12ClF3O. The van der Waals surface area contributed by atoms with Crippen molar-refractivity contribution in [1.82, 2.24) is 0 Å². The second-order valence-electron chi connectivity index (χ2n) is 4.40. The van der Waals surface area contributed by atoms with Crippen LogP contribution in [-0.2, 0) is 6.42 Å². The van der Waals surface area contributed by atoms with E-state index in [-0.39, 0.29) is 17.0 Å². The van der Waals surface area contributed by atoms with Crippen LogP contribution in [-0.4, -0.2) is 5.11 Å². The summed E-state index contributed by atoms with van der Waals surface area (Å²) in [6.07, 6.45) is -3.36. The average Bonchev–Trinajstić information content (AvgIpc) is 2.44. The lowest BCUT2D eigenvalue weighted by Gasteiger charge is -2.13. The van der Waals surface area contributed by atoms with E-state index < -0.39 is 18.3 Å². The van der Waals surface area contributed by atoms with E-state index in [4.69, 9.17) is 11.6 Å². The molecule has 0 fully saturated rings. The van der Waals surface area contributed by atoms with Gasteiger partial charge >= 0.3 is 0 Å². The van der Waals surface area contributed by atoms with Crippen molar-refractivity contribution in [2.45, 2.75) is 19.0 Å². The van der Waals surface area contributed by atoms with E-state index in [1.807, 2.05) is 0 Å². The molecule has 0 amide bonds. The lowest BCUT2D eigenvalue weighted by molar-refractivity contribution is 0.151. The SMILES string of the molecule is OC(Cc1cccc(F)c1Cl)c1ccc(C(F)F)cc1. The van der Waals surface area contributed by atoms with Gasteiger partial charge in [-0.1, -0.05) is 48.0 Å². The standard InChI is InChI=1S/C15H12ClF3O/c16-14-11(2-1-3-12(14)17)8-13(20)9-4-6-10(7-5-9)15(18)19/h1-7,13,15,20H,8H2. The Bertz CT molecular complexity index is 584. The number of hydrogen-bond donors (Lipinski definition) is 1. The summed E-state index contributed by atoms with van der Waals surface area (Å²) < 4.78 is 38.1. The number of hydrogen-bond acceptors (Lipinski definition) is 1. The van der Waals surface area contributed by atoms with Crippen LogP contribution in [0.2, 0.25) is 5.02 Å². The molecule has 0 aliphatic heterocycles. The summed E-state index contributed by atoms with van der Waals surface area (Å²) in [6.45, 7) is 0. The van der Waals surface area contributed by atoms with E-state index in [2.05, 4.69) is 0 Å². The fraction of sp³-hybridized carbons (Fsp3) is 0.200. The summed E-state index contributed by atoms with van der Waals surface area (Å²) in [5.74, 6) is -0.551. The summed E-state index contributed by atoms with van der Waals surface area (Å²) >= 11 is 5.81. The third-order valence-electron chi connectivity index (χ3n) is 3.02. The van der Waals surface area contributed by atoms with Gasteiger partial charge in [0.2, 0.25) is 0 Å². The molecule has 0 aliphatic carbocycles. The Balaban J connectivity index is 2.15. The number of alkyl halides is 2. The highest BCUT2D eigenvalue weighted by molar-refractivity contribution is 6.31. The number of benzene rings is 2. The molecule has 1 atom stereocenters. The third-order valence-corrected chi connectivity index (χ3v) is 3.44. The Morgan fingerprint density at radius 3 is 2.20 bits per heavy atom. The van der Waals surface area contributed by atoms with Gasteiger partial charge in [-0.3, -0.25) is 0 Å². The fourth-order valence-electron chi connectivity index (χ4n) is 1.90. The zero-order chi connectivity index (χ0) is 14.7. The Morgan fingerprint density at radius 2 is 1.60 bits per heavy atom. The van der Waals surface area contributed by atoms with Crippen LogP contribution >= 0.6 is 11.6 Å². The van der Waals surface area contributed by atoms with Gasteiger partial charge in [0, 0.05) is 12.0 Å².